The lowest BCUT2D eigenvalue weighted by atomic mass is 10.2. The zero-order valence-corrected chi connectivity index (χ0v) is 9.90. The van der Waals surface area contributed by atoms with E-state index in [1.165, 1.54) is 5.69 Å². The lowest BCUT2D eigenvalue weighted by Gasteiger charge is -2.06. The number of hydrogen-bond acceptors (Lipinski definition) is 2. The Morgan fingerprint density at radius 2 is 2.33 bits per heavy atom. The lowest BCUT2D eigenvalue weighted by molar-refractivity contribution is 0.597. The highest BCUT2D eigenvalue weighted by molar-refractivity contribution is 5.45. The Labute approximate surface area is 92.2 Å². The largest absolute Gasteiger partial charge is 0.311 e. The van der Waals surface area contributed by atoms with Crippen LogP contribution in [-0.2, 0) is 6.54 Å². The number of aromatic nitrogens is 2. The summed E-state index contributed by atoms with van der Waals surface area (Å²) < 4.78 is 2.04. The molecule has 0 aromatic carbocycles. The average Bonchev–Trinajstić information content (AvgIpc) is 2.64. The van der Waals surface area contributed by atoms with E-state index in [9.17, 15) is 0 Å². The van der Waals surface area contributed by atoms with Crippen molar-refractivity contribution < 1.29 is 0 Å². The highest BCUT2D eigenvalue weighted by Gasteiger charge is 1.98. The van der Waals surface area contributed by atoms with Gasteiger partial charge >= 0.3 is 0 Å². The van der Waals surface area contributed by atoms with Gasteiger partial charge in [0.2, 0.25) is 0 Å². The van der Waals surface area contributed by atoms with Crippen LogP contribution in [0.1, 0.15) is 32.9 Å². The van der Waals surface area contributed by atoms with Gasteiger partial charge in [-0.25, -0.2) is 0 Å². The minimum atomic E-state index is 0.417. The molecule has 0 bridgehead atoms. The van der Waals surface area contributed by atoms with Crippen LogP contribution in [-0.4, -0.2) is 22.4 Å². The Hall–Kier alpha value is -1.09. The van der Waals surface area contributed by atoms with Gasteiger partial charge in [0.05, 0.1) is 5.69 Å². The van der Waals surface area contributed by atoms with Crippen molar-refractivity contribution in [3.05, 3.63) is 24.0 Å². The zero-order valence-electron chi connectivity index (χ0n) is 9.90. The summed E-state index contributed by atoms with van der Waals surface area (Å²) in [7, 11) is 0. The fraction of sp³-hybridized carbons (Fsp3) is 0.583. The molecule has 0 saturated heterocycles. The van der Waals surface area contributed by atoms with Crippen molar-refractivity contribution in [3.63, 3.8) is 0 Å². The van der Waals surface area contributed by atoms with E-state index in [1.54, 1.807) is 0 Å². The zero-order chi connectivity index (χ0) is 11.1. The molecule has 1 aromatic heterocycles. The van der Waals surface area contributed by atoms with Crippen molar-refractivity contribution in [2.45, 2.75) is 39.8 Å². The summed E-state index contributed by atoms with van der Waals surface area (Å²) in [5.41, 5.74) is 1.18. The van der Waals surface area contributed by atoms with Gasteiger partial charge in [0.15, 0.2) is 0 Å². The number of likely N-dealkylation sites (N-methyl/N-ethyl adjacent to an activating group) is 1. The van der Waals surface area contributed by atoms with Crippen LogP contribution in [0.5, 0.6) is 0 Å². The number of aryl methyl sites for hydroxylation is 1. The minimum Gasteiger partial charge on any atom is -0.311 e. The average molecular weight is 207 g/mol. The molecule has 0 aliphatic rings. The smallest absolute Gasteiger partial charge is 0.0607 e. The lowest BCUT2D eigenvalue weighted by Crippen LogP contribution is -2.22. The van der Waals surface area contributed by atoms with Crippen molar-refractivity contribution in [2.24, 2.45) is 0 Å². The predicted molar refractivity (Wildman–Crippen MR) is 64.7 cm³/mol. The van der Waals surface area contributed by atoms with Gasteiger partial charge in [-0.2, -0.15) is 5.10 Å². The normalized spacial score (nSPS) is 13.5. The Balaban J connectivity index is 2.58. The molecule has 3 nitrogen and oxygen atoms in total. The van der Waals surface area contributed by atoms with Gasteiger partial charge in [-0.05, 0) is 32.0 Å². The maximum Gasteiger partial charge on any atom is 0.0607 e. The Kier molecular flexibility index (Phi) is 5.12. The van der Waals surface area contributed by atoms with Gasteiger partial charge in [0.25, 0.3) is 0 Å². The second-order valence-corrected chi connectivity index (χ2v) is 3.68. The van der Waals surface area contributed by atoms with E-state index in [1.807, 2.05) is 16.9 Å². The Morgan fingerprint density at radius 1 is 1.53 bits per heavy atom. The Morgan fingerprint density at radius 3 is 3.00 bits per heavy atom. The third kappa shape index (κ3) is 3.88. The van der Waals surface area contributed by atoms with Crippen LogP contribution in [0.3, 0.4) is 0 Å². The van der Waals surface area contributed by atoms with Crippen LogP contribution in [0.25, 0.3) is 6.08 Å². The fourth-order valence-electron chi connectivity index (χ4n) is 1.52. The highest BCUT2D eigenvalue weighted by Crippen LogP contribution is 2.03. The molecule has 1 unspecified atom stereocenters. The summed E-state index contributed by atoms with van der Waals surface area (Å²) in [5.74, 6) is 0. The second-order valence-electron chi connectivity index (χ2n) is 3.68. The van der Waals surface area contributed by atoms with Gasteiger partial charge < -0.3 is 5.32 Å². The molecule has 0 aliphatic heterocycles. The number of hydrogen-bond donors (Lipinski definition) is 1. The molecule has 0 aliphatic carbocycles. The van der Waals surface area contributed by atoms with E-state index < -0.39 is 0 Å². The van der Waals surface area contributed by atoms with Crippen molar-refractivity contribution in [1.29, 1.82) is 0 Å². The third-order valence-corrected chi connectivity index (χ3v) is 2.27. The first kappa shape index (κ1) is 12.0. The summed E-state index contributed by atoms with van der Waals surface area (Å²) in [5, 5.41) is 7.62. The fourth-order valence-corrected chi connectivity index (χ4v) is 1.52. The van der Waals surface area contributed by atoms with Crippen molar-refractivity contribution in [1.82, 2.24) is 15.1 Å². The van der Waals surface area contributed by atoms with E-state index >= 15 is 0 Å². The molecule has 1 N–H and O–H groups in total. The van der Waals surface area contributed by atoms with E-state index in [0.717, 1.165) is 19.5 Å². The summed E-state index contributed by atoms with van der Waals surface area (Å²) in [6.07, 6.45) is 7.28. The summed E-state index contributed by atoms with van der Waals surface area (Å²) in [6, 6.07) is 2.46. The maximum absolute atomic E-state index is 4.27. The van der Waals surface area contributed by atoms with E-state index in [-0.39, 0.29) is 0 Å². The number of nitrogens with zero attached hydrogens (tertiary/aromatic N) is 2. The summed E-state index contributed by atoms with van der Waals surface area (Å²) >= 11 is 0. The monoisotopic (exact) mass is 207 g/mol. The van der Waals surface area contributed by atoms with Gasteiger partial charge in [-0.1, -0.05) is 19.9 Å². The van der Waals surface area contributed by atoms with Gasteiger partial charge in [0.1, 0.15) is 0 Å². The van der Waals surface area contributed by atoms with Gasteiger partial charge in [-0.3, -0.25) is 4.68 Å². The van der Waals surface area contributed by atoms with Crippen molar-refractivity contribution >= 4 is 6.08 Å². The molecule has 1 rings (SSSR count). The topological polar surface area (TPSA) is 29.9 Å². The van der Waals surface area contributed by atoms with E-state index in [4.69, 9.17) is 0 Å². The van der Waals surface area contributed by atoms with E-state index in [0.29, 0.717) is 6.04 Å². The molecule has 84 valence electrons. The van der Waals surface area contributed by atoms with Crippen LogP contribution in [0, 0.1) is 0 Å². The molecule has 0 amide bonds. The summed E-state index contributed by atoms with van der Waals surface area (Å²) in [4.78, 5) is 0. The molecule has 0 radical (unpaired) electrons. The maximum atomic E-state index is 4.27. The quantitative estimate of drug-likeness (QED) is 0.775. The second kappa shape index (κ2) is 6.40. The molecule has 1 atom stereocenters. The third-order valence-electron chi connectivity index (χ3n) is 2.27. The first-order valence-electron chi connectivity index (χ1n) is 5.71. The number of nitrogens with one attached hydrogen (secondary N) is 1. The molecule has 1 aromatic rings. The van der Waals surface area contributed by atoms with E-state index in [2.05, 4.69) is 43.3 Å². The molecule has 0 fully saturated rings. The molecule has 1 heterocycles. The molecular formula is C12H21N3. The van der Waals surface area contributed by atoms with Crippen molar-refractivity contribution in [3.8, 4) is 0 Å². The van der Waals surface area contributed by atoms with Gasteiger partial charge in [-0.15, -0.1) is 0 Å². The highest BCUT2D eigenvalue weighted by atomic mass is 15.3. The van der Waals surface area contributed by atoms with Crippen LogP contribution in [0.15, 0.2) is 18.3 Å². The molecule has 3 heteroatoms. The van der Waals surface area contributed by atoms with Gasteiger partial charge in [0, 0.05) is 18.8 Å². The molecular weight excluding hydrogens is 186 g/mol. The van der Waals surface area contributed by atoms with Crippen LogP contribution < -0.4 is 5.32 Å². The first-order chi connectivity index (χ1) is 7.27. The SMILES string of the molecule is CCCn1nccc1/C=C/C(C)NCC. The summed E-state index contributed by atoms with van der Waals surface area (Å²) in [6.45, 7) is 8.42. The van der Waals surface area contributed by atoms with Crippen LogP contribution >= 0.6 is 0 Å². The standard InChI is InChI=1S/C12H21N3/c1-4-10-15-12(8-9-14-15)7-6-11(3)13-5-2/h6-9,11,13H,4-5,10H2,1-3H3/b7-6+. The van der Waals surface area contributed by atoms with Crippen LogP contribution in [0.2, 0.25) is 0 Å². The van der Waals surface area contributed by atoms with Crippen LogP contribution in [0.4, 0.5) is 0 Å². The minimum absolute atomic E-state index is 0.417. The molecule has 0 spiro atoms. The Bertz CT molecular complexity index is 302. The predicted octanol–water partition coefficient (Wildman–Crippen LogP) is 2.30. The number of rotatable bonds is 6. The molecule has 15 heavy (non-hydrogen) atoms. The molecule has 0 saturated carbocycles. The van der Waals surface area contributed by atoms with Crippen molar-refractivity contribution in [2.75, 3.05) is 6.54 Å². The first-order valence-corrected chi connectivity index (χ1v) is 5.71.